The Bertz CT molecular complexity index is 1080. The zero-order valence-electron chi connectivity index (χ0n) is 16.9. The molecule has 2 aliphatic carbocycles. The van der Waals surface area contributed by atoms with E-state index < -0.39 is 21.6 Å². The average molecular weight is 571 g/mol. The lowest BCUT2D eigenvalue weighted by atomic mass is 10.00. The molecule has 0 saturated heterocycles. The van der Waals surface area contributed by atoms with Crippen molar-refractivity contribution in [3.63, 3.8) is 0 Å². The van der Waals surface area contributed by atoms with Gasteiger partial charge in [-0.2, -0.15) is 0 Å². The predicted octanol–water partition coefficient (Wildman–Crippen LogP) is 6.94. The summed E-state index contributed by atoms with van der Waals surface area (Å²) < 4.78 is -1.40. The SMILES string of the molecule is O=CC1(CNc2ccc(Cl)c(C(=O)NOCC3CC3)c2)C(c2cc(Cl)c(Cl)c(Cl)c2)C1(Cl)Cl. The summed E-state index contributed by atoms with van der Waals surface area (Å²) in [5, 5.41) is 4.07. The topological polar surface area (TPSA) is 67.4 Å². The predicted molar refractivity (Wildman–Crippen MR) is 133 cm³/mol. The van der Waals surface area contributed by atoms with Gasteiger partial charge >= 0.3 is 0 Å². The zero-order chi connectivity index (χ0) is 24.0. The van der Waals surface area contributed by atoms with E-state index in [2.05, 4.69) is 10.8 Å². The summed E-state index contributed by atoms with van der Waals surface area (Å²) in [6.07, 6.45) is 2.93. The molecule has 0 heterocycles. The Morgan fingerprint density at radius 1 is 1.06 bits per heavy atom. The van der Waals surface area contributed by atoms with Gasteiger partial charge in [-0.3, -0.25) is 9.63 Å². The number of carbonyl (C=O) groups excluding carboxylic acids is 2. The Balaban J connectivity index is 1.49. The van der Waals surface area contributed by atoms with Gasteiger partial charge in [0, 0.05) is 18.2 Å². The van der Waals surface area contributed by atoms with Crippen LogP contribution in [0.1, 0.15) is 34.7 Å². The average Bonchev–Trinajstić information content (AvgIpc) is 3.67. The van der Waals surface area contributed by atoms with E-state index in [4.69, 9.17) is 74.4 Å². The number of hydroxylamine groups is 1. The van der Waals surface area contributed by atoms with Gasteiger partial charge in [-0.25, -0.2) is 5.48 Å². The first-order valence-electron chi connectivity index (χ1n) is 10.0. The van der Waals surface area contributed by atoms with Gasteiger partial charge in [0.25, 0.3) is 5.91 Å². The summed E-state index contributed by atoms with van der Waals surface area (Å²) in [6.45, 7) is 0.559. The highest BCUT2D eigenvalue weighted by Gasteiger charge is 2.76. The number of aldehydes is 1. The Morgan fingerprint density at radius 2 is 1.73 bits per heavy atom. The highest BCUT2D eigenvalue weighted by atomic mass is 35.5. The normalized spacial score (nSPS) is 23.2. The molecule has 2 atom stereocenters. The molecule has 2 saturated carbocycles. The van der Waals surface area contributed by atoms with Crippen LogP contribution in [0.15, 0.2) is 30.3 Å². The largest absolute Gasteiger partial charge is 0.384 e. The molecule has 2 aliphatic rings. The number of nitrogens with one attached hydrogen (secondary N) is 2. The number of benzene rings is 2. The molecule has 4 rings (SSSR count). The number of rotatable bonds is 9. The molecule has 2 aromatic carbocycles. The number of hydrogen-bond donors (Lipinski definition) is 2. The molecule has 33 heavy (non-hydrogen) atoms. The number of amides is 1. The summed E-state index contributed by atoms with van der Waals surface area (Å²) in [5.41, 5.74) is 2.62. The van der Waals surface area contributed by atoms with Crippen LogP contribution in [0.25, 0.3) is 0 Å². The van der Waals surface area contributed by atoms with Crippen molar-refractivity contribution >= 4 is 87.5 Å². The van der Waals surface area contributed by atoms with Crippen molar-refractivity contribution in [2.45, 2.75) is 23.1 Å². The second-order valence-corrected chi connectivity index (χ2v) is 11.2. The van der Waals surface area contributed by atoms with E-state index in [0.29, 0.717) is 23.8 Å². The monoisotopic (exact) mass is 568 g/mol. The fourth-order valence-corrected chi connectivity index (χ4v) is 5.54. The second kappa shape index (κ2) is 9.62. The molecule has 2 unspecified atom stereocenters. The van der Waals surface area contributed by atoms with Crippen LogP contribution in [-0.4, -0.2) is 29.7 Å². The zero-order valence-corrected chi connectivity index (χ0v) is 21.5. The van der Waals surface area contributed by atoms with E-state index in [1.54, 1.807) is 30.3 Å². The quantitative estimate of drug-likeness (QED) is 0.148. The van der Waals surface area contributed by atoms with Crippen LogP contribution in [0.2, 0.25) is 20.1 Å². The van der Waals surface area contributed by atoms with Crippen LogP contribution in [0.3, 0.4) is 0 Å². The van der Waals surface area contributed by atoms with Crippen molar-refractivity contribution < 1.29 is 14.4 Å². The molecular formula is C22H18Cl6N2O3. The van der Waals surface area contributed by atoms with Gasteiger partial charge < -0.3 is 10.1 Å². The van der Waals surface area contributed by atoms with Gasteiger partial charge in [-0.15, -0.1) is 0 Å². The van der Waals surface area contributed by atoms with Crippen LogP contribution in [0.5, 0.6) is 0 Å². The number of hydrogen-bond acceptors (Lipinski definition) is 4. The molecule has 176 valence electrons. The van der Waals surface area contributed by atoms with E-state index >= 15 is 0 Å². The lowest BCUT2D eigenvalue weighted by Gasteiger charge is -2.15. The molecule has 0 aromatic heterocycles. The van der Waals surface area contributed by atoms with E-state index in [1.807, 2.05) is 0 Å². The summed E-state index contributed by atoms with van der Waals surface area (Å²) in [7, 11) is 0. The molecule has 2 N–H and O–H groups in total. The lowest BCUT2D eigenvalue weighted by molar-refractivity contribution is -0.112. The number of halogens is 6. The molecule has 0 radical (unpaired) electrons. The highest BCUT2D eigenvalue weighted by molar-refractivity contribution is 6.54. The fraction of sp³-hybridized carbons (Fsp3) is 0.364. The third-order valence-electron chi connectivity index (χ3n) is 5.94. The highest BCUT2D eigenvalue weighted by Crippen LogP contribution is 2.73. The molecule has 5 nitrogen and oxygen atoms in total. The molecule has 1 amide bonds. The molecule has 0 spiro atoms. The maximum Gasteiger partial charge on any atom is 0.276 e. The standard InChI is InChI=1S/C22H18Cl6N2O3/c23-15-4-3-13(7-14(15)20(32)30-33-8-11-1-2-11)29-9-21(10-31)19(22(21,27)28)12-5-16(24)18(26)17(25)6-12/h3-7,10-11,19,29H,1-2,8-9H2,(H,30,32). The molecule has 11 heteroatoms. The van der Waals surface area contributed by atoms with E-state index in [-0.39, 0.29) is 32.2 Å². The molecule has 0 bridgehead atoms. The minimum atomic E-state index is -1.40. The molecular weight excluding hydrogens is 553 g/mol. The summed E-state index contributed by atoms with van der Waals surface area (Å²) in [5.74, 6) is -0.541. The molecule has 0 aliphatic heterocycles. The Hall–Kier alpha value is -0.920. The van der Waals surface area contributed by atoms with Crippen LogP contribution in [0, 0.1) is 11.3 Å². The molecule has 2 aromatic rings. The van der Waals surface area contributed by atoms with Crippen molar-refractivity contribution in [2.75, 3.05) is 18.5 Å². The summed E-state index contributed by atoms with van der Waals surface area (Å²) in [6, 6.07) is 8.01. The van der Waals surface area contributed by atoms with Gasteiger partial charge in [-0.1, -0.05) is 69.6 Å². The number of alkyl halides is 2. The smallest absolute Gasteiger partial charge is 0.276 e. The Morgan fingerprint density at radius 3 is 2.33 bits per heavy atom. The van der Waals surface area contributed by atoms with Gasteiger partial charge in [-0.05, 0) is 54.7 Å². The first-order valence-corrected chi connectivity index (χ1v) is 12.3. The minimum Gasteiger partial charge on any atom is -0.384 e. The van der Waals surface area contributed by atoms with Crippen molar-refractivity contribution in [1.82, 2.24) is 5.48 Å². The van der Waals surface area contributed by atoms with Gasteiger partial charge in [0.2, 0.25) is 0 Å². The minimum absolute atomic E-state index is 0.0902. The lowest BCUT2D eigenvalue weighted by Crippen LogP contribution is -2.26. The van der Waals surface area contributed by atoms with E-state index in [9.17, 15) is 9.59 Å². The number of anilines is 1. The fourth-order valence-electron chi connectivity index (χ4n) is 3.76. The van der Waals surface area contributed by atoms with Crippen LogP contribution >= 0.6 is 69.6 Å². The van der Waals surface area contributed by atoms with Crippen LogP contribution in [0.4, 0.5) is 5.69 Å². The van der Waals surface area contributed by atoms with Crippen molar-refractivity contribution in [1.29, 1.82) is 0 Å². The number of carbonyl (C=O) groups is 2. The second-order valence-electron chi connectivity index (χ2n) is 8.25. The molecule has 2 fully saturated rings. The Kier molecular flexibility index (Phi) is 7.34. The van der Waals surface area contributed by atoms with E-state index in [0.717, 1.165) is 19.1 Å². The third kappa shape index (κ3) is 4.92. The van der Waals surface area contributed by atoms with Gasteiger partial charge in [0.1, 0.15) is 10.6 Å². The summed E-state index contributed by atoms with van der Waals surface area (Å²) in [4.78, 5) is 29.8. The van der Waals surface area contributed by atoms with Crippen LogP contribution < -0.4 is 10.8 Å². The van der Waals surface area contributed by atoms with Crippen molar-refractivity contribution in [3.8, 4) is 0 Å². The van der Waals surface area contributed by atoms with Crippen molar-refractivity contribution in [3.05, 3.63) is 61.5 Å². The van der Waals surface area contributed by atoms with Gasteiger partial charge in [0.15, 0.2) is 0 Å². The maximum absolute atomic E-state index is 12.4. The first kappa shape index (κ1) is 25.2. The third-order valence-corrected chi connectivity index (χ3v) is 8.61. The Labute approximate surface area is 220 Å². The van der Waals surface area contributed by atoms with E-state index in [1.165, 1.54) is 0 Å². The van der Waals surface area contributed by atoms with Gasteiger partial charge in [0.05, 0.1) is 37.7 Å². The maximum atomic E-state index is 12.4. The van der Waals surface area contributed by atoms with Crippen LogP contribution in [-0.2, 0) is 9.63 Å². The van der Waals surface area contributed by atoms with Crippen molar-refractivity contribution in [2.24, 2.45) is 11.3 Å². The summed E-state index contributed by atoms with van der Waals surface area (Å²) >= 11 is 37.6. The first-order chi connectivity index (χ1) is 15.6.